The second kappa shape index (κ2) is 8.12. The molecule has 0 radical (unpaired) electrons. The fourth-order valence-electron chi connectivity index (χ4n) is 4.63. The second-order valence-electron chi connectivity index (χ2n) is 8.44. The summed E-state index contributed by atoms with van der Waals surface area (Å²) in [6.45, 7) is 4.82. The van der Waals surface area contributed by atoms with Crippen LogP contribution in [0.3, 0.4) is 0 Å². The van der Waals surface area contributed by atoms with Crippen molar-refractivity contribution >= 4 is 28.8 Å². The van der Waals surface area contributed by atoms with Gasteiger partial charge in [-0.05, 0) is 61.1 Å². The van der Waals surface area contributed by atoms with Gasteiger partial charge in [-0.3, -0.25) is 9.59 Å². The van der Waals surface area contributed by atoms with Crippen LogP contribution in [0, 0.1) is 6.92 Å². The van der Waals surface area contributed by atoms with E-state index in [0.717, 1.165) is 36.1 Å². The molecule has 4 nitrogen and oxygen atoms in total. The smallest absolute Gasteiger partial charge is 0.282 e. The predicted octanol–water partition coefficient (Wildman–Crippen LogP) is 5.29. The van der Waals surface area contributed by atoms with Crippen molar-refractivity contribution in [1.29, 1.82) is 0 Å². The first-order valence-electron chi connectivity index (χ1n) is 11.2. The number of carbonyl (C=O) groups excluding carboxylic acids is 2. The molecule has 32 heavy (non-hydrogen) atoms. The van der Waals surface area contributed by atoms with Crippen LogP contribution in [0.25, 0.3) is 5.57 Å². The number of amides is 2. The van der Waals surface area contributed by atoms with E-state index in [1.54, 1.807) is 0 Å². The number of hydrogen-bond acceptors (Lipinski definition) is 3. The van der Waals surface area contributed by atoms with E-state index in [1.165, 1.54) is 16.0 Å². The van der Waals surface area contributed by atoms with Crippen LogP contribution in [0.15, 0.2) is 78.5 Å². The van der Waals surface area contributed by atoms with Gasteiger partial charge in [0, 0.05) is 12.2 Å². The first kappa shape index (κ1) is 20.3. The molecule has 0 N–H and O–H groups in total. The third kappa shape index (κ3) is 3.32. The highest BCUT2D eigenvalue weighted by atomic mass is 16.2. The van der Waals surface area contributed by atoms with Gasteiger partial charge >= 0.3 is 0 Å². The largest absolute Gasteiger partial charge is 0.336 e. The second-order valence-corrected chi connectivity index (χ2v) is 8.44. The van der Waals surface area contributed by atoms with Gasteiger partial charge in [0.2, 0.25) is 0 Å². The van der Waals surface area contributed by atoms with Crippen molar-refractivity contribution in [2.75, 3.05) is 16.3 Å². The Morgan fingerprint density at radius 2 is 1.56 bits per heavy atom. The first-order chi connectivity index (χ1) is 15.6. The minimum absolute atomic E-state index is 0.258. The zero-order chi connectivity index (χ0) is 22.2. The van der Waals surface area contributed by atoms with Crippen molar-refractivity contribution in [3.63, 3.8) is 0 Å². The molecule has 0 saturated heterocycles. The van der Waals surface area contributed by atoms with Gasteiger partial charge in [0.1, 0.15) is 5.70 Å². The van der Waals surface area contributed by atoms with Gasteiger partial charge in [-0.15, -0.1) is 0 Å². The van der Waals surface area contributed by atoms with Crippen LogP contribution in [0.1, 0.15) is 35.6 Å². The molecule has 0 aliphatic carbocycles. The highest BCUT2D eigenvalue weighted by molar-refractivity contribution is 6.46. The fraction of sp³-hybridized carbons (Fsp3) is 0.214. The molecule has 0 saturated carbocycles. The lowest BCUT2D eigenvalue weighted by atomic mass is 9.98. The lowest BCUT2D eigenvalue weighted by Gasteiger charge is -2.32. The Labute approximate surface area is 188 Å². The number of hydrogen-bond donors (Lipinski definition) is 0. The molecule has 0 unspecified atom stereocenters. The summed E-state index contributed by atoms with van der Waals surface area (Å²) in [6.07, 6.45) is 2.82. The number of nitrogens with zero attached hydrogens (tertiary/aromatic N) is 2. The average Bonchev–Trinajstić information content (AvgIpc) is 3.09. The van der Waals surface area contributed by atoms with Gasteiger partial charge in [-0.1, -0.05) is 67.1 Å². The van der Waals surface area contributed by atoms with Gasteiger partial charge in [0.05, 0.1) is 11.3 Å². The number of rotatable bonds is 4. The van der Waals surface area contributed by atoms with Crippen molar-refractivity contribution in [3.8, 4) is 0 Å². The summed E-state index contributed by atoms with van der Waals surface area (Å²) in [6, 6.07) is 23.7. The maximum atomic E-state index is 13.8. The molecule has 0 bridgehead atoms. The van der Waals surface area contributed by atoms with Gasteiger partial charge in [-0.2, -0.15) is 0 Å². The van der Waals surface area contributed by atoms with E-state index < -0.39 is 0 Å². The maximum absolute atomic E-state index is 13.8. The number of fused-ring (bicyclic) bond motifs is 1. The summed E-state index contributed by atoms with van der Waals surface area (Å²) >= 11 is 0. The Hall–Kier alpha value is -3.66. The molecular formula is C28H26N2O2. The van der Waals surface area contributed by atoms with Gasteiger partial charge in [0.15, 0.2) is 0 Å². The molecule has 2 aliphatic rings. The molecule has 160 valence electrons. The van der Waals surface area contributed by atoms with Crippen molar-refractivity contribution in [3.05, 3.63) is 101 Å². The number of imide groups is 1. The Morgan fingerprint density at radius 1 is 0.844 bits per heavy atom. The van der Waals surface area contributed by atoms with E-state index in [2.05, 4.69) is 17.9 Å². The lowest BCUT2D eigenvalue weighted by Crippen LogP contribution is -2.37. The lowest BCUT2D eigenvalue weighted by molar-refractivity contribution is -0.120. The maximum Gasteiger partial charge on any atom is 0.282 e. The van der Waals surface area contributed by atoms with E-state index in [0.29, 0.717) is 23.5 Å². The van der Waals surface area contributed by atoms with Crippen molar-refractivity contribution < 1.29 is 9.59 Å². The summed E-state index contributed by atoms with van der Waals surface area (Å²) in [4.78, 5) is 31.0. The zero-order valence-corrected chi connectivity index (χ0v) is 18.5. The summed E-state index contributed by atoms with van der Waals surface area (Å²) in [5, 5.41) is 0. The number of para-hydroxylation sites is 1. The molecule has 5 rings (SSSR count). The zero-order valence-electron chi connectivity index (χ0n) is 18.5. The predicted molar refractivity (Wildman–Crippen MR) is 129 cm³/mol. The minimum atomic E-state index is -0.263. The van der Waals surface area contributed by atoms with E-state index in [-0.39, 0.29) is 11.8 Å². The molecule has 2 aliphatic heterocycles. The van der Waals surface area contributed by atoms with Crippen molar-refractivity contribution in [1.82, 2.24) is 0 Å². The highest BCUT2D eigenvalue weighted by Crippen LogP contribution is 2.39. The Kier molecular flexibility index (Phi) is 5.14. The molecule has 0 atom stereocenters. The molecule has 3 aromatic rings. The Balaban J connectivity index is 1.67. The van der Waals surface area contributed by atoms with Crippen LogP contribution < -0.4 is 9.80 Å². The molecule has 2 heterocycles. The SMILES string of the molecule is CCc1ccc(N2C(=O)C(c3ccc(C)cc3)=C(N3CCCc4ccccc43)C2=O)cc1. The Bertz CT molecular complexity index is 1220. The third-order valence-corrected chi connectivity index (χ3v) is 6.38. The summed E-state index contributed by atoms with van der Waals surface area (Å²) in [5.74, 6) is -0.521. The summed E-state index contributed by atoms with van der Waals surface area (Å²) < 4.78 is 0. The number of benzene rings is 3. The van der Waals surface area contributed by atoms with Crippen molar-refractivity contribution in [2.24, 2.45) is 0 Å². The van der Waals surface area contributed by atoms with Gasteiger partial charge in [0.25, 0.3) is 11.8 Å². The normalized spacial score (nSPS) is 16.1. The van der Waals surface area contributed by atoms with Crippen LogP contribution >= 0.6 is 0 Å². The van der Waals surface area contributed by atoms with Crippen LogP contribution in [-0.2, 0) is 22.4 Å². The number of aryl methyl sites for hydroxylation is 3. The standard InChI is InChI=1S/C28H26N2O2/c1-3-20-12-16-23(17-13-20)30-27(31)25(22-14-10-19(2)11-15-22)26(28(30)32)29-18-6-8-21-7-4-5-9-24(21)29/h4-5,7,9-17H,3,6,8,18H2,1-2H3. The summed E-state index contributed by atoms with van der Waals surface area (Å²) in [5.41, 5.74) is 6.86. The molecule has 3 aromatic carbocycles. The summed E-state index contributed by atoms with van der Waals surface area (Å²) in [7, 11) is 0. The molecule has 0 spiro atoms. The first-order valence-corrected chi connectivity index (χ1v) is 11.2. The molecule has 4 heteroatoms. The van der Waals surface area contributed by atoms with Crippen molar-refractivity contribution in [2.45, 2.75) is 33.1 Å². The van der Waals surface area contributed by atoms with Gasteiger partial charge in [-0.25, -0.2) is 4.90 Å². The molecular weight excluding hydrogens is 396 g/mol. The molecule has 2 amide bonds. The monoisotopic (exact) mass is 422 g/mol. The topological polar surface area (TPSA) is 40.6 Å². The Morgan fingerprint density at radius 3 is 2.28 bits per heavy atom. The number of anilines is 2. The van der Waals surface area contributed by atoms with Crippen LogP contribution in [-0.4, -0.2) is 18.4 Å². The van der Waals surface area contributed by atoms with Crippen LogP contribution in [0.4, 0.5) is 11.4 Å². The van der Waals surface area contributed by atoms with Gasteiger partial charge < -0.3 is 4.90 Å². The fourth-order valence-corrected chi connectivity index (χ4v) is 4.63. The van der Waals surface area contributed by atoms with Crippen LogP contribution in [0.5, 0.6) is 0 Å². The van der Waals surface area contributed by atoms with E-state index in [1.807, 2.05) is 73.7 Å². The van der Waals surface area contributed by atoms with E-state index >= 15 is 0 Å². The molecule has 0 aromatic heterocycles. The average molecular weight is 423 g/mol. The number of carbonyl (C=O) groups is 2. The van der Waals surface area contributed by atoms with Crippen LogP contribution in [0.2, 0.25) is 0 Å². The molecule has 0 fully saturated rings. The minimum Gasteiger partial charge on any atom is -0.336 e. The van der Waals surface area contributed by atoms with E-state index in [9.17, 15) is 9.59 Å². The quantitative estimate of drug-likeness (QED) is 0.536. The van der Waals surface area contributed by atoms with E-state index in [4.69, 9.17) is 0 Å². The third-order valence-electron chi connectivity index (χ3n) is 6.38. The highest BCUT2D eigenvalue weighted by Gasteiger charge is 2.43.